The van der Waals surface area contributed by atoms with Crippen molar-refractivity contribution in [3.05, 3.63) is 29.3 Å². The predicted octanol–water partition coefficient (Wildman–Crippen LogP) is 1.01. The van der Waals surface area contributed by atoms with E-state index < -0.39 is 0 Å². The van der Waals surface area contributed by atoms with E-state index in [1.807, 2.05) is 6.07 Å². The molecular weight excluding hydrogens is 224 g/mol. The van der Waals surface area contributed by atoms with Crippen LogP contribution in [0.15, 0.2) is 18.2 Å². The van der Waals surface area contributed by atoms with Gasteiger partial charge in [-0.05, 0) is 43.1 Å². The number of likely N-dealkylation sites (N-methyl/N-ethyl adjacent to an activating group) is 1. The van der Waals surface area contributed by atoms with E-state index in [0.717, 1.165) is 38.3 Å². The molecule has 1 aromatic carbocycles. The van der Waals surface area contributed by atoms with E-state index in [-0.39, 0.29) is 0 Å². The maximum absolute atomic E-state index is 5.84. The maximum Gasteiger partial charge on any atom is 0.0470 e. The summed E-state index contributed by atoms with van der Waals surface area (Å²) >= 11 is 0. The monoisotopic (exact) mass is 246 g/mol. The molecule has 3 rings (SSSR count). The van der Waals surface area contributed by atoms with Gasteiger partial charge < -0.3 is 10.6 Å². The Morgan fingerprint density at radius 1 is 1.22 bits per heavy atom. The van der Waals surface area contributed by atoms with Crippen molar-refractivity contribution in [2.45, 2.75) is 18.9 Å². The molecule has 0 spiro atoms. The summed E-state index contributed by atoms with van der Waals surface area (Å²) in [6.07, 6.45) is 2.33. The second-order valence-corrected chi connectivity index (χ2v) is 5.47. The molecule has 1 atom stereocenters. The van der Waals surface area contributed by atoms with E-state index >= 15 is 0 Å². The lowest BCUT2D eigenvalue weighted by Crippen LogP contribution is -2.51. The molecule has 0 saturated carbocycles. The van der Waals surface area contributed by atoms with Crippen LogP contribution >= 0.6 is 0 Å². The Morgan fingerprint density at radius 2 is 2.00 bits per heavy atom. The number of nitrogens with one attached hydrogen (secondary N) is 1. The second-order valence-electron chi connectivity index (χ2n) is 5.47. The fourth-order valence-corrected chi connectivity index (χ4v) is 2.93. The highest BCUT2D eigenvalue weighted by atomic mass is 15.5. The van der Waals surface area contributed by atoms with Crippen molar-refractivity contribution in [1.29, 1.82) is 0 Å². The highest BCUT2D eigenvalue weighted by Gasteiger charge is 2.25. The number of benzene rings is 1. The van der Waals surface area contributed by atoms with E-state index in [1.165, 1.54) is 17.5 Å². The minimum absolute atomic E-state index is 0.476. The number of aryl methyl sites for hydroxylation is 1. The second kappa shape index (κ2) is 4.88. The molecule has 2 aliphatic rings. The van der Waals surface area contributed by atoms with Gasteiger partial charge in [0.15, 0.2) is 0 Å². The molecule has 1 heterocycles. The van der Waals surface area contributed by atoms with Gasteiger partial charge in [0, 0.05) is 37.9 Å². The number of rotatable bonds is 2. The standard InChI is InChI=1S/C14H22N4/c1-17-6-8-18(9-7-17)16-14-5-2-11-10-12(15)3-4-13(11)14/h3-4,10,14,16H,2,5-9,15H2,1H3. The van der Waals surface area contributed by atoms with Crippen molar-refractivity contribution < 1.29 is 0 Å². The Labute approximate surface area is 109 Å². The normalized spacial score (nSPS) is 25.3. The summed E-state index contributed by atoms with van der Waals surface area (Å²) in [5, 5.41) is 2.37. The average Bonchev–Trinajstić information content (AvgIpc) is 2.74. The molecule has 1 unspecified atom stereocenters. The van der Waals surface area contributed by atoms with Crippen LogP contribution in [-0.4, -0.2) is 43.1 Å². The summed E-state index contributed by atoms with van der Waals surface area (Å²) in [5.41, 5.74) is 13.3. The minimum atomic E-state index is 0.476. The van der Waals surface area contributed by atoms with Crippen LogP contribution in [-0.2, 0) is 6.42 Å². The van der Waals surface area contributed by atoms with Crippen molar-refractivity contribution in [2.75, 3.05) is 39.0 Å². The van der Waals surface area contributed by atoms with Crippen LogP contribution in [0, 0.1) is 0 Å². The molecule has 4 heteroatoms. The highest BCUT2D eigenvalue weighted by Crippen LogP contribution is 2.32. The molecule has 18 heavy (non-hydrogen) atoms. The quantitative estimate of drug-likeness (QED) is 0.764. The number of nitrogen functional groups attached to an aromatic ring is 1. The largest absolute Gasteiger partial charge is 0.399 e. The first kappa shape index (κ1) is 12.0. The summed E-state index contributed by atoms with van der Waals surface area (Å²) < 4.78 is 0. The highest BCUT2D eigenvalue weighted by molar-refractivity contribution is 5.47. The van der Waals surface area contributed by atoms with Crippen molar-refractivity contribution >= 4 is 5.69 Å². The summed E-state index contributed by atoms with van der Waals surface area (Å²) in [6, 6.07) is 6.80. The molecule has 3 N–H and O–H groups in total. The van der Waals surface area contributed by atoms with Crippen LogP contribution in [0.25, 0.3) is 0 Å². The molecule has 1 fully saturated rings. The zero-order chi connectivity index (χ0) is 12.5. The first-order valence-electron chi connectivity index (χ1n) is 6.80. The van der Waals surface area contributed by atoms with Crippen LogP contribution in [0.1, 0.15) is 23.6 Å². The molecule has 4 nitrogen and oxygen atoms in total. The molecule has 1 aliphatic carbocycles. The van der Waals surface area contributed by atoms with Gasteiger partial charge in [0.2, 0.25) is 0 Å². The van der Waals surface area contributed by atoms with Gasteiger partial charge in [-0.15, -0.1) is 0 Å². The fourth-order valence-electron chi connectivity index (χ4n) is 2.93. The number of piperazine rings is 1. The predicted molar refractivity (Wildman–Crippen MR) is 74.1 cm³/mol. The van der Waals surface area contributed by atoms with Crippen molar-refractivity contribution in [3.8, 4) is 0 Å². The molecule has 0 bridgehead atoms. The van der Waals surface area contributed by atoms with Crippen LogP contribution in [0.5, 0.6) is 0 Å². The van der Waals surface area contributed by atoms with Gasteiger partial charge in [-0.1, -0.05) is 6.07 Å². The van der Waals surface area contributed by atoms with Gasteiger partial charge in [-0.3, -0.25) is 0 Å². The SMILES string of the molecule is CN1CCN(NC2CCc3cc(N)ccc32)CC1. The Kier molecular flexibility index (Phi) is 3.24. The number of hydrogen-bond acceptors (Lipinski definition) is 4. The number of fused-ring (bicyclic) bond motifs is 1. The van der Waals surface area contributed by atoms with E-state index in [2.05, 4.69) is 34.5 Å². The summed E-state index contributed by atoms with van der Waals surface area (Å²) in [7, 11) is 2.19. The summed E-state index contributed by atoms with van der Waals surface area (Å²) in [6.45, 7) is 4.51. The molecule has 0 amide bonds. The third kappa shape index (κ3) is 2.36. The number of hydrazine groups is 1. The lowest BCUT2D eigenvalue weighted by atomic mass is 10.1. The van der Waals surface area contributed by atoms with Gasteiger partial charge in [-0.25, -0.2) is 10.4 Å². The molecule has 1 saturated heterocycles. The molecular formula is C14H22N4. The number of nitrogens with two attached hydrogens (primary N) is 1. The Hall–Kier alpha value is -1.10. The molecule has 98 valence electrons. The average molecular weight is 246 g/mol. The molecule has 0 radical (unpaired) electrons. The van der Waals surface area contributed by atoms with E-state index in [9.17, 15) is 0 Å². The first-order chi connectivity index (χ1) is 8.72. The van der Waals surface area contributed by atoms with Gasteiger partial charge in [0.25, 0.3) is 0 Å². The first-order valence-corrected chi connectivity index (χ1v) is 6.80. The topological polar surface area (TPSA) is 44.5 Å². The third-order valence-corrected chi connectivity index (χ3v) is 4.09. The maximum atomic E-state index is 5.84. The van der Waals surface area contributed by atoms with Crippen LogP contribution in [0.2, 0.25) is 0 Å². The van der Waals surface area contributed by atoms with Crippen LogP contribution < -0.4 is 11.2 Å². The van der Waals surface area contributed by atoms with Crippen LogP contribution in [0.3, 0.4) is 0 Å². The van der Waals surface area contributed by atoms with E-state index in [0.29, 0.717) is 6.04 Å². The molecule has 1 aromatic rings. The number of hydrogen-bond donors (Lipinski definition) is 2. The Balaban J connectivity index is 1.66. The zero-order valence-electron chi connectivity index (χ0n) is 11.0. The van der Waals surface area contributed by atoms with Gasteiger partial charge in [0.1, 0.15) is 0 Å². The third-order valence-electron chi connectivity index (χ3n) is 4.09. The van der Waals surface area contributed by atoms with Crippen LogP contribution in [0.4, 0.5) is 5.69 Å². The Morgan fingerprint density at radius 3 is 2.78 bits per heavy atom. The van der Waals surface area contributed by atoms with Gasteiger partial charge in [0.05, 0.1) is 0 Å². The fraction of sp³-hybridized carbons (Fsp3) is 0.571. The smallest absolute Gasteiger partial charge is 0.0470 e. The van der Waals surface area contributed by atoms with E-state index in [4.69, 9.17) is 5.73 Å². The molecule has 0 aromatic heterocycles. The van der Waals surface area contributed by atoms with Gasteiger partial charge >= 0.3 is 0 Å². The van der Waals surface area contributed by atoms with Gasteiger partial charge in [-0.2, -0.15) is 0 Å². The van der Waals surface area contributed by atoms with E-state index in [1.54, 1.807) is 0 Å². The van der Waals surface area contributed by atoms with Crippen molar-refractivity contribution in [2.24, 2.45) is 0 Å². The summed E-state index contributed by atoms with van der Waals surface area (Å²) in [4.78, 5) is 2.38. The Bertz CT molecular complexity index is 424. The minimum Gasteiger partial charge on any atom is -0.399 e. The van der Waals surface area contributed by atoms with Crippen molar-refractivity contribution in [3.63, 3.8) is 0 Å². The number of nitrogens with zero attached hydrogens (tertiary/aromatic N) is 2. The van der Waals surface area contributed by atoms with Crippen molar-refractivity contribution in [1.82, 2.24) is 15.3 Å². The number of anilines is 1. The molecule has 1 aliphatic heterocycles. The zero-order valence-corrected chi connectivity index (χ0v) is 11.0. The summed E-state index contributed by atoms with van der Waals surface area (Å²) in [5.74, 6) is 0. The lowest BCUT2D eigenvalue weighted by Gasteiger charge is -2.34. The lowest BCUT2D eigenvalue weighted by molar-refractivity contribution is 0.0868.